The molecule has 5 nitrogen and oxygen atoms in total. The normalized spacial score (nSPS) is 16.7. The van der Waals surface area contributed by atoms with Crippen molar-refractivity contribution < 1.29 is 9.59 Å². The molecule has 0 bridgehead atoms. The van der Waals surface area contributed by atoms with Crippen molar-refractivity contribution in [3.05, 3.63) is 65.7 Å². The minimum atomic E-state index is -0.137. The zero-order valence-corrected chi connectivity index (χ0v) is 15.1. The van der Waals surface area contributed by atoms with Crippen LogP contribution < -0.4 is 15.5 Å². The van der Waals surface area contributed by atoms with Crippen LogP contribution in [0.1, 0.15) is 33.6 Å². The maximum atomic E-state index is 12.7. The maximum absolute atomic E-state index is 12.7. The highest BCUT2D eigenvalue weighted by Crippen LogP contribution is 2.16. The van der Waals surface area contributed by atoms with Crippen LogP contribution in [-0.2, 0) is 0 Å². The Morgan fingerprint density at radius 3 is 2.62 bits per heavy atom. The maximum Gasteiger partial charge on any atom is 0.258 e. The highest BCUT2D eigenvalue weighted by Gasteiger charge is 2.17. The lowest BCUT2D eigenvalue weighted by atomic mass is 9.99. The molecule has 1 fully saturated rings. The molecular weight excluding hydrogens is 326 g/mol. The van der Waals surface area contributed by atoms with Gasteiger partial charge < -0.3 is 15.5 Å². The van der Waals surface area contributed by atoms with Crippen LogP contribution in [-0.4, -0.2) is 38.5 Å². The summed E-state index contributed by atoms with van der Waals surface area (Å²) >= 11 is 0. The van der Waals surface area contributed by atoms with Crippen LogP contribution in [0.4, 0.5) is 5.69 Å². The first kappa shape index (κ1) is 18.1. The van der Waals surface area contributed by atoms with Gasteiger partial charge in [0.05, 0.1) is 0 Å². The van der Waals surface area contributed by atoms with Crippen molar-refractivity contribution in [2.75, 3.05) is 31.6 Å². The topological polar surface area (TPSA) is 61.4 Å². The van der Waals surface area contributed by atoms with Crippen molar-refractivity contribution in [3.8, 4) is 0 Å². The number of nitrogens with one attached hydrogen (secondary N) is 2. The summed E-state index contributed by atoms with van der Waals surface area (Å²) in [6, 6.07) is 16.4. The van der Waals surface area contributed by atoms with Crippen LogP contribution in [0.15, 0.2) is 54.6 Å². The minimum Gasteiger partial charge on any atom is -0.352 e. The first-order valence-electron chi connectivity index (χ1n) is 9.07. The van der Waals surface area contributed by atoms with Crippen LogP contribution in [0, 0.1) is 5.92 Å². The fourth-order valence-corrected chi connectivity index (χ4v) is 3.19. The van der Waals surface area contributed by atoms with Gasteiger partial charge in [-0.15, -0.1) is 0 Å². The summed E-state index contributed by atoms with van der Waals surface area (Å²) in [6.07, 6.45) is 2.28. The SMILES string of the molecule is CN(C(=O)c1cccc(C(=O)NCC2CCCNC2)c1)c1ccccc1. The van der Waals surface area contributed by atoms with E-state index in [0.29, 0.717) is 23.6 Å². The standard InChI is InChI=1S/C21H25N3O2/c1-24(19-10-3-2-4-11-19)21(26)18-9-5-8-17(13-18)20(25)23-15-16-7-6-12-22-14-16/h2-5,8-11,13,16,22H,6-7,12,14-15H2,1H3,(H,23,25). The van der Waals surface area contributed by atoms with Gasteiger partial charge in [0.25, 0.3) is 11.8 Å². The number of hydrogen-bond donors (Lipinski definition) is 2. The molecule has 2 aromatic rings. The molecule has 2 N–H and O–H groups in total. The van der Waals surface area contributed by atoms with E-state index in [1.807, 2.05) is 30.3 Å². The van der Waals surface area contributed by atoms with Gasteiger partial charge >= 0.3 is 0 Å². The molecule has 1 heterocycles. The first-order valence-corrected chi connectivity index (χ1v) is 9.07. The van der Waals surface area contributed by atoms with Gasteiger partial charge in [-0.1, -0.05) is 24.3 Å². The number of benzene rings is 2. The second-order valence-corrected chi connectivity index (χ2v) is 6.70. The van der Waals surface area contributed by atoms with E-state index >= 15 is 0 Å². The lowest BCUT2D eigenvalue weighted by molar-refractivity contribution is 0.0945. The number of amides is 2. The fourth-order valence-electron chi connectivity index (χ4n) is 3.19. The van der Waals surface area contributed by atoms with Gasteiger partial charge in [0.1, 0.15) is 0 Å². The van der Waals surface area contributed by atoms with Gasteiger partial charge in [-0.3, -0.25) is 9.59 Å². The highest BCUT2D eigenvalue weighted by molar-refractivity contribution is 6.07. The average Bonchev–Trinajstić information content (AvgIpc) is 2.72. The second kappa shape index (κ2) is 8.63. The number of piperidine rings is 1. The largest absolute Gasteiger partial charge is 0.352 e. The Labute approximate surface area is 154 Å². The molecule has 0 saturated carbocycles. The summed E-state index contributed by atoms with van der Waals surface area (Å²) in [5, 5.41) is 6.34. The molecule has 1 unspecified atom stereocenters. The zero-order valence-electron chi connectivity index (χ0n) is 15.1. The molecule has 0 radical (unpaired) electrons. The molecule has 0 aromatic heterocycles. The number of rotatable bonds is 5. The van der Waals surface area contributed by atoms with E-state index in [4.69, 9.17) is 0 Å². The molecule has 3 rings (SSSR count). The highest BCUT2D eigenvalue weighted by atomic mass is 16.2. The predicted molar refractivity (Wildman–Crippen MR) is 104 cm³/mol. The number of hydrogen-bond acceptors (Lipinski definition) is 3. The quantitative estimate of drug-likeness (QED) is 0.871. The number of para-hydroxylation sites is 1. The zero-order chi connectivity index (χ0) is 18.4. The Morgan fingerprint density at radius 2 is 1.88 bits per heavy atom. The average molecular weight is 351 g/mol. The molecule has 5 heteroatoms. The fraction of sp³-hybridized carbons (Fsp3) is 0.333. The van der Waals surface area contributed by atoms with Gasteiger partial charge in [-0.05, 0) is 62.2 Å². The van der Waals surface area contributed by atoms with Crippen LogP contribution in [0.2, 0.25) is 0 Å². The van der Waals surface area contributed by atoms with Crippen LogP contribution >= 0.6 is 0 Å². The Kier molecular flexibility index (Phi) is 6.02. The number of nitrogens with zero attached hydrogens (tertiary/aromatic N) is 1. The van der Waals surface area contributed by atoms with E-state index in [1.54, 1.807) is 36.2 Å². The van der Waals surface area contributed by atoms with E-state index in [9.17, 15) is 9.59 Å². The molecule has 1 aliphatic heterocycles. The van der Waals surface area contributed by atoms with Crippen LogP contribution in [0.3, 0.4) is 0 Å². The molecule has 26 heavy (non-hydrogen) atoms. The smallest absolute Gasteiger partial charge is 0.258 e. The molecule has 136 valence electrons. The van der Waals surface area contributed by atoms with Crippen LogP contribution in [0.25, 0.3) is 0 Å². The van der Waals surface area contributed by atoms with E-state index in [-0.39, 0.29) is 11.8 Å². The summed E-state index contributed by atoms with van der Waals surface area (Å²) in [7, 11) is 1.74. The summed E-state index contributed by atoms with van der Waals surface area (Å²) in [5.41, 5.74) is 1.83. The summed E-state index contributed by atoms with van der Waals surface area (Å²) in [4.78, 5) is 26.7. The monoisotopic (exact) mass is 351 g/mol. The Hall–Kier alpha value is -2.66. The van der Waals surface area contributed by atoms with Crippen molar-refractivity contribution in [1.82, 2.24) is 10.6 Å². The van der Waals surface area contributed by atoms with Crippen LogP contribution in [0.5, 0.6) is 0 Å². The number of anilines is 1. The Morgan fingerprint density at radius 1 is 1.12 bits per heavy atom. The third-order valence-corrected chi connectivity index (χ3v) is 4.77. The van der Waals surface area contributed by atoms with Crippen molar-refractivity contribution >= 4 is 17.5 Å². The first-order chi connectivity index (χ1) is 12.6. The van der Waals surface area contributed by atoms with Gasteiger partial charge in [-0.25, -0.2) is 0 Å². The predicted octanol–water partition coefficient (Wildman–Crippen LogP) is 2.69. The molecule has 2 amide bonds. The number of carbonyl (C=O) groups is 2. The van der Waals surface area contributed by atoms with Gasteiger partial charge in [0, 0.05) is 30.4 Å². The molecule has 1 atom stereocenters. The Balaban J connectivity index is 1.65. The lowest BCUT2D eigenvalue weighted by Crippen LogP contribution is -2.38. The molecule has 2 aromatic carbocycles. The van der Waals surface area contributed by atoms with E-state index in [0.717, 1.165) is 31.6 Å². The van der Waals surface area contributed by atoms with E-state index in [1.165, 1.54) is 0 Å². The lowest BCUT2D eigenvalue weighted by Gasteiger charge is -2.23. The van der Waals surface area contributed by atoms with Gasteiger partial charge in [-0.2, -0.15) is 0 Å². The number of carbonyl (C=O) groups excluding carboxylic acids is 2. The van der Waals surface area contributed by atoms with Crippen molar-refractivity contribution in [3.63, 3.8) is 0 Å². The Bertz CT molecular complexity index is 755. The van der Waals surface area contributed by atoms with Crippen molar-refractivity contribution in [2.24, 2.45) is 5.92 Å². The molecule has 0 aliphatic carbocycles. The molecular formula is C21H25N3O2. The van der Waals surface area contributed by atoms with E-state index in [2.05, 4.69) is 10.6 Å². The third kappa shape index (κ3) is 4.49. The van der Waals surface area contributed by atoms with Crippen molar-refractivity contribution in [1.29, 1.82) is 0 Å². The molecule has 1 saturated heterocycles. The summed E-state index contributed by atoms with van der Waals surface area (Å²) in [6.45, 7) is 2.66. The molecule has 1 aliphatic rings. The summed E-state index contributed by atoms with van der Waals surface area (Å²) < 4.78 is 0. The molecule has 0 spiro atoms. The second-order valence-electron chi connectivity index (χ2n) is 6.70. The van der Waals surface area contributed by atoms with Gasteiger partial charge in [0.2, 0.25) is 0 Å². The summed E-state index contributed by atoms with van der Waals surface area (Å²) in [5.74, 6) is 0.205. The van der Waals surface area contributed by atoms with Crippen molar-refractivity contribution in [2.45, 2.75) is 12.8 Å². The minimum absolute atomic E-state index is 0.132. The van der Waals surface area contributed by atoms with Gasteiger partial charge in [0.15, 0.2) is 0 Å². The van der Waals surface area contributed by atoms with E-state index < -0.39 is 0 Å². The third-order valence-electron chi connectivity index (χ3n) is 4.77.